The lowest BCUT2D eigenvalue weighted by atomic mass is 9.75. The van der Waals surface area contributed by atoms with Crippen molar-refractivity contribution in [1.82, 2.24) is 15.1 Å². The summed E-state index contributed by atoms with van der Waals surface area (Å²) in [7, 11) is 0. The van der Waals surface area contributed by atoms with Crippen molar-refractivity contribution in [2.24, 2.45) is 5.92 Å². The normalized spacial score (nSPS) is 21.3. The van der Waals surface area contributed by atoms with E-state index in [1.54, 1.807) is 0 Å². The monoisotopic (exact) mass is 519 g/mol. The first-order chi connectivity index (χ1) is 18.5. The van der Waals surface area contributed by atoms with Crippen molar-refractivity contribution in [1.29, 1.82) is 0 Å². The van der Waals surface area contributed by atoms with Gasteiger partial charge in [-0.3, -0.25) is 9.59 Å². The Morgan fingerprint density at radius 2 is 1.71 bits per heavy atom. The average molecular weight is 520 g/mol. The van der Waals surface area contributed by atoms with Gasteiger partial charge < -0.3 is 24.6 Å². The first-order valence-electron chi connectivity index (χ1n) is 14.3. The Balaban J connectivity index is 1.42. The summed E-state index contributed by atoms with van der Waals surface area (Å²) < 4.78 is 11.8. The molecule has 0 aromatic heterocycles. The minimum Gasteiger partial charge on any atom is -0.490 e. The highest BCUT2D eigenvalue weighted by atomic mass is 16.5. The van der Waals surface area contributed by atoms with Crippen molar-refractivity contribution in [3.05, 3.63) is 58.7 Å². The molecule has 0 aliphatic carbocycles. The first-order valence-corrected chi connectivity index (χ1v) is 14.3. The Morgan fingerprint density at radius 3 is 2.45 bits per heavy atom. The summed E-state index contributed by atoms with van der Waals surface area (Å²) in [5, 5.41) is 3.23. The van der Waals surface area contributed by atoms with E-state index in [9.17, 15) is 9.59 Å². The number of piperidine rings is 1. The molecule has 2 aromatic rings. The number of rotatable bonds is 9. The molecule has 2 amide bonds. The van der Waals surface area contributed by atoms with E-state index in [2.05, 4.69) is 17.1 Å². The molecule has 204 valence electrons. The van der Waals surface area contributed by atoms with Crippen LogP contribution in [0.15, 0.2) is 36.4 Å². The van der Waals surface area contributed by atoms with E-state index >= 15 is 0 Å². The Morgan fingerprint density at radius 1 is 1.00 bits per heavy atom. The average Bonchev–Trinajstić information content (AvgIpc) is 2.93. The topological polar surface area (TPSA) is 71.1 Å². The maximum Gasteiger partial charge on any atom is 0.254 e. The highest BCUT2D eigenvalue weighted by molar-refractivity contribution is 6.01. The molecular weight excluding hydrogens is 478 g/mol. The van der Waals surface area contributed by atoms with Crippen molar-refractivity contribution in [2.75, 3.05) is 45.9 Å². The first kappa shape index (κ1) is 26.5. The Labute approximate surface area is 226 Å². The molecule has 7 heteroatoms. The largest absolute Gasteiger partial charge is 0.490 e. The van der Waals surface area contributed by atoms with Crippen LogP contribution in [0.2, 0.25) is 0 Å². The molecule has 0 bridgehead atoms. The second-order valence-corrected chi connectivity index (χ2v) is 10.8. The number of ether oxygens (including phenoxy) is 2. The minimum absolute atomic E-state index is 0.00790. The van der Waals surface area contributed by atoms with Crippen LogP contribution in [0.4, 0.5) is 0 Å². The van der Waals surface area contributed by atoms with Gasteiger partial charge in [0.25, 0.3) is 5.91 Å². The molecule has 2 aromatic carbocycles. The third-order valence-corrected chi connectivity index (χ3v) is 8.29. The smallest absolute Gasteiger partial charge is 0.254 e. The van der Waals surface area contributed by atoms with Crippen molar-refractivity contribution in [2.45, 2.75) is 58.4 Å². The Bertz CT molecular complexity index is 1160. The highest BCUT2D eigenvalue weighted by Gasteiger charge is 2.46. The van der Waals surface area contributed by atoms with Crippen molar-refractivity contribution in [3.63, 3.8) is 0 Å². The van der Waals surface area contributed by atoms with Gasteiger partial charge in [0.15, 0.2) is 11.5 Å². The fraction of sp³-hybridized carbons (Fsp3) is 0.548. The van der Waals surface area contributed by atoms with Gasteiger partial charge in [-0.15, -0.1) is 0 Å². The fourth-order valence-electron chi connectivity index (χ4n) is 6.26. The van der Waals surface area contributed by atoms with E-state index in [1.807, 2.05) is 55.1 Å². The number of carbonyl (C=O) groups is 2. The maximum absolute atomic E-state index is 13.9. The van der Waals surface area contributed by atoms with Gasteiger partial charge in [0.1, 0.15) is 0 Å². The number of hydrogen-bond donors (Lipinski definition) is 1. The molecule has 2 atom stereocenters. The van der Waals surface area contributed by atoms with Crippen LogP contribution in [0.25, 0.3) is 0 Å². The Hall–Kier alpha value is -3.06. The molecule has 1 fully saturated rings. The van der Waals surface area contributed by atoms with Gasteiger partial charge >= 0.3 is 0 Å². The van der Waals surface area contributed by atoms with E-state index in [0.29, 0.717) is 37.6 Å². The molecule has 0 saturated carbocycles. The number of nitrogens with one attached hydrogen (secondary N) is 1. The zero-order chi connectivity index (χ0) is 26.6. The summed E-state index contributed by atoms with van der Waals surface area (Å²) in [6.45, 7) is 11.8. The molecule has 3 aliphatic heterocycles. The predicted molar refractivity (Wildman–Crippen MR) is 148 cm³/mol. The van der Waals surface area contributed by atoms with Crippen molar-refractivity contribution < 1.29 is 19.1 Å². The highest BCUT2D eigenvalue weighted by Crippen LogP contribution is 2.48. The van der Waals surface area contributed by atoms with E-state index in [1.165, 1.54) is 12.8 Å². The summed E-state index contributed by atoms with van der Waals surface area (Å²) in [4.78, 5) is 31.9. The molecule has 0 unspecified atom stereocenters. The van der Waals surface area contributed by atoms with E-state index in [-0.39, 0.29) is 17.9 Å². The van der Waals surface area contributed by atoms with Crippen LogP contribution in [0, 0.1) is 5.92 Å². The summed E-state index contributed by atoms with van der Waals surface area (Å²) in [6.07, 6.45) is 4.15. The molecule has 3 aliphatic rings. The minimum atomic E-state index is -0.480. The van der Waals surface area contributed by atoms with Crippen molar-refractivity contribution >= 4 is 11.8 Å². The van der Waals surface area contributed by atoms with Gasteiger partial charge in [-0.2, -0.15) is 0 Å². The number of fused-ring (bicyclic) bond motifs is 4. The lowest BCUT2D eigenvalue weighted by Crippen LogP contribution is -2.50. The standard InChI is InChI=1S/C31H41N3O4/c1-4-37-26-19-22-13-18-34-29(25(22)20-27(26)38-5-2)28(23-9-6-7-10-24(23)31(34)36)30(35)32-14-8-15-33-16-11-21(3)12-17-33/h6-7,9-10,19-21,28-29H,4-5,8,11-18H2,1-3H3,(H,32,35)/t28-,29-/m1/s1. The molecular formula is C31H41N3O4. The Kier molecular flexibility index (Phi) is 8.22. The van der Waals surface area contributed by atoms with Crippen LogP contribution < -0.4 is 14.8 Å². The molecule has 0 spiro atoms. The maximum atomic E-state index is 13.9. The second-order valence-electron chi connectivity index (χ2n) is 10.8. The lowest BCUT2D eigenvalue weighted by Gasteiger charge is -2.45. The lowest BCUT2D eigenvalue weighted by molar-refractivity contribution is -0.124. The van der Waals surface area contributed by atoms with Gasteiger partial charge in [0, 0.05) is 18.7 Å². The predicted octanol–water partition coefficient (Wildman–Crippen LogP) is 4.56. The molecule has 5 rings (SSSR count). The third-order valence-electron chi connectivity index (χ3n) is 8.29. The van der Waals surface area contributed by atoms with Crippen molar-refractivity contribution in [3.8, 4) is 11.5 Å². The van der Waals surface area contributed by atoms with Gasteiger partial charge in [-0.1, -0.05) is 25.1 Å². The van der Waals surface area contributed by atoms with Crippen LogP contribution in [0.1, 0.15) is 79.0 Å². The van der Waals surface area contributed by atoms with E-state index in [0.717, 1.165) is 60.8 Å². The molecule has 1 N–H and O–H groups in total. The summed E-state index contributed by atoms with van der Waals surface area (Å²) in [5.41, 5.74) is 3.53. The number of carbonyl (C=O) groups excluding carboxylic acids is 2. The van der Waals surface area contributed by atoms with Gasteiger partial charge in [0.2, 0.25) is 5.91 Å². The van der Waals surface area contributed by atoms with Crippen LogP contribution in [-0.4, -0.2) is 67.6 Å². The van der Waals surface area contributed by atoms with Crippen LogP contribution >= 0.6 is 0 Å². The van der Waals surface area contributed by atoms with E-state index in [4.69, 9.17) is 9.47 Å². The quantitative estimate of drug-likeness (QED) is 0.492. The summed E-state index contributed by atoms with van der Waals surface area (Å²) >= 11 is 0. The van der Waals surface area contributed by atoms with Gasteiger partial charge in [0.05, 0.1) is 25.2 Å². The molecule has 0 radical (unpaired) electrons. The fourth-order valence-corrected chi connectivity index (χ4v) is 6.26. The van der Waals surface area contributed by atoms with E-state index < -0.39 is 5.92 Å². The molecule has 38 heavy (non-hydrogen) atoms. The zero-order valence-electron chi connectivity index (χ0n) is 23.0. The third kappa shape index (κ3) is 5.26. The second kappa shape index (κ2) is 11.8. The van der Waals surface area contributed by atoms with Crippen LogP contribution in [0.5, 0.6) is 11.5 Å². The molecule has 1 saturated heterocycles. The number of hydrogen-bond acceptors (Lipinski definition) is 5. The molecule has 7 nitrogen and oxygen atoms in total. The number of likely N-dealkylation sites (tertiary alicyclic amines) is 1. The summed E-state index contributed by atoms with van der Waals surface area (Å²) in [6, 6.07) is 11.3. The number of amides is 2. The number of benzene rings is 2. The van der Waals surface area contributed by atoms with Gasteiger partial charge in [-0.05, 0) is 100.0 Å². The number of nitrogens with zero attached hydrogens (tertiary/aromatic N) is 2. The SMILES string of the molecule is CCOc1cc2c(cc1OCC)[C@@H]1[C@H](C(=O)NCCCN3CCC(C)CC3)c3ccccc3C(=O)N1CC2. The summed E-state index contributed by atoms with van der Waals surface area (Å²) in [5.74, 6) is 1.69. The van der Waals surface area contributed by atoms with Crippen LogP contribution in [-0.2, 0) is 11.2 Å². The van der Waals surface area contributed by atoms with Crippen LogP contribution in [0.3, 0.4) is 0 Å². The molecule has 3 heterocycles. The van der Waals surface area contributed by atoms with Gasteiger partial charge in [-0.25, -0.2) is 0 Å². The zero-order valence-corrected chi connectivity index (χ0v) is 23.0.